The largest absolute Gasteiger partial charge is 0.356 e. The van der Waals surface area contributed by atoms with Crippen molar-refractivity contribution in [3.8, 4) is 0 Å². The minimum Gasteiger partial charge on any atom is -0.356 e. The number of carbonyl (C=O) groups is 1. The average Bonchev–Trinajstić information content (AvgIpc) is 2.67. The van der Waals surface area contributed by atoms with Crippen molar-refractivity contribution in [1.82, 2.24) is 9.88 Å². The van der Waals surface area contributed by atoms with Crippen LogP contribution in [0, 0.1) is 12.7 Å². The van der Waals surface area contributed by atoms with Gasteiger partial charge in [0.1, 0.15) is 5.82 Å². The van der Waals surface area contributed by atoms with Crippen molar-refractivity contribution in [2.75, 3.05) is 13.1 Å². The molecule has 5 heteroatoms. The third-order valence-corrected chi connectivity index (χ3v) is 4.56. The van der Waals surface area contributed by atoms with Crippen molar-refractivity contribution in [2.24, 2.45) is 5.73 Å². The summed E-state index contributed by atoms with van der Waals surface area (Å²) in [5.74, 6) is -0.178. The highest BCUT2D eigenvalue weighted by molar-refractivity contribution is 5.90. The van der Waals surface area contributed by atoms with E-state index in [0.717, 1.165) is 49.0 Å². The number of amides is 1. The molecule has 1 amide bonds. The lowest BCUT2D eigenvalue weighted by molar-refractivity contribution is -0.130. The van der Waals surface area contributed by atoms with E-state index in [1.807, 2.05) is 17.9 Å². The molecule has 118 valence electrons. The van der Waals surface area contributed by atoms with Crippen LogP contribution < -0.4 is 5.73 Å². The molecule has 1 aromatic carbocycles. The van der Waals surface area contributed by atoms with Crippen LogP contribution >= 0.6 is 0 Å². The van der Waals surface area contributed by atoms with Gasteiger partial charge in [-0.05, 0) is 37.8 Å². The predicted molar refractivity (Wildman–Crippen MR) is 85.1 cm³/mol. The van der Waals surface area contributed by atoms with E-state index < -0.39 is 0 Å². The number of rotatable bonds is 2. The lowest BCUT2D eigenvalue weighted by Gasteiger charge is -2.20. The van der Waals surface area contributed by atoms with E-state index >= 15 is 0 Å². The number of nitrogens with one attached hydrogen (secondary N) is 1. The lowest BCUT2D eigenvalue weighted by atomic mass is 10.1. The minimum absolute atomic E-state index is 0.0994. The van der Waals surface area contributed by atoms with Crippen LogP contribution in [0.15, 0.2) is 18.2 Å². The zero-order valence-corrected chi connectivity index (χ0v) is 12.9. The van der Waals surface area contributed by atoms with Gasteiger partial charge in [-0.15, -0.1) is 0 Å². The molecular formula is C17H22FN3O. The van der Waals surface area contributed by atoms with Gasteiger partial charge in [0.05, 0.1) is 11.9 Å². The first-order valence-corrected chi connectivity index (χ1v) is 7.85. The maximum Gasteiger partial charge on any atom is 0.227 e. The van der Waals surface area contributed by atoms with Crippen LogP contribution in [0.1, 0.15) is 30.5 Å². The molecule has 1 saturated heterocycles. The van der Waals surface area contributed by atoms with Gasteiger partial charge in [-0.2, -0.15) is 0 Å². The fraction of sp³-hybridized carbons (Fsp3) is 0.471. The predicted octanol–water partition coefficient (Wildman–Crippen LogP) is 2.50. The first-order chi connectivity index (χ1) is 10.6. The Morgan fingerprint density at radius 2 is 2.23 bits per heavy atom. The fourth-order valence-corrected chi connectivity index (χ4v) is 3.23. The summed E-state index contributed by atoms with van der Waals surface area (Å²) in [5.41, 5.74) is 8.21. The molecule has 0 bridgehead atoms. The standard InChI is InChI=1S/C17H22FN3O/c1-11-14(13-5-2-6-15(18)17(13)20-11)10-16(22)21-8-3-4-12(19)7-9-21/h2,5-6,12,20H,3-4,7-10,19H2,1H3/t12-/m1/s1. The molecule has 0 aliphatic carbocycles. The number of benzene rings is 1. The van der Waals surface area contributed by atoms with Crippen molar-refractivity contribution in [2.45, 2.75) is 38.6 Å². The van der Waals surface area contributed by atoms with Crippen molar-refractivity contribution in [3.05, 3.63) is 35.3 Å². The van der Waals surface area contributed by atoms with Gasteiger partial charge < -0.3 is 15.6 Å². The minimum atomic E-state index is -0.278. The van der Waals surface area contributed by atoms with Gasteiger partial charge in [-0.25, -0.2) is 4.39 Å². The number of aromatic amines is 1. The number of aryl methyl sites for hydroxylation is 1. The molecule has 0 spiro atoms. The van der Waals surface area contributed by atoms with E-state index in [-0.39, 0.29) is 17.8 Å². The Hall–Kier alpha value is -1.88. The van der Waals surface area contributed by atoms with Crippen molar-refractivity contribution < 1.29 is 9.18 Å². The van der Waals surface area contributed by atoms with Crippen LogP contribution in [0.5, 0.6) is 0 Å². The number of carbonyl (C=O) groups excluding carboxylic acids is 1. The SMILES string of the molecule is Cc1[nH]c2c(F)cccc2c1CC(=O)N1CCC[C@@H](N)CC1. The van der Waals surface area contributed by atoms with Crippen LogP contribution in [-0.2, 0) is 11.2 Å². The number of H-pyrrole nitrogens is 1. The second-order valence-electron chi connectivity index (χ2n) is 6.14. The number of aromatic nitrogens is 1. The van der Waals surface area contributed by atoms with E-state index in [9.17, 15) is 9.18 Å². The van der Waals surface area contributed by atoms with Crippen molar-refractivity contribution >= 4 is 16.8 Å². The van der Waals surface area contributed by atoms with Gasteiger partial charge in [-0.3, -0.25) is 4.79 Å². The molecule has 3 rings (SSSR count). The quantitative estimate of drug-likeness (QED) is 0.895. The molecule has 2 heterocycles. The number of nitrogens with two attached hydrogens (primary N) is 1. The summed E-state index contributed by atoms with van der Waals surface area (Å²) in [5, 5.41) is 0.803. The molecule has 0 saturated carbocycles. The Morgan fingerprint density at radius 1 is 1.41 bits per heavy atom. The normalized spacial score (nSPS) is 19.4. The van der Waals surface area contributed by atoms with Crippen LogP contribution in [-0.4, -0.2) is 34.9 Å². The molecule has 0 unspecified atom stereocenters. The molecule has 1 aromatic heterocycles. The number of fused-ring (bicyclic) bond motifs is 1. The van der Waals surface area contributed by atoms with Gasteiger partial charge in [0, 0.05) is 30.2 Å². The number of nitrogens with zero attached hydrogens (tertiary/aromatic N) is 1. The second-order valence-corrected chi connectivity index (χ2v) is 6.14. The van der Waals surface area contributed by atoms with E-state index in [2.05, 4.69) is 4.98 Å². The van der Waals surface area contributed by atoms with Gasteiger partial charge in [0.2, 0.25) is 5.91 Å². The third kappa shape index (κ3) is 2.86. The van der Waals surface area contributed by atoms with Crippen molar-refractivity contribution in [1.29, 1.82) is 0 Å². The molecule has 3 N–H and O–H groups in total. The summed E-state index contributed by atoms with van der Waals surface area (Å²) in [6.07, 6.45) is 3.09. The molecule has 1 aliphatic heterocycles. The van der Waals surface area contributed by atoms with E-state index in [4.69, 9.17) is 5.73 Å². The maximum atomic E-state index is 13.8. The smallest absolute Gasteiger partial charge is 0.227 e. The third-order valence-electron chi connectivity index (χ3n) is 4.56. The first kappa shape index (κ1) is 15.0. The van der Waals surface area contributed by atoms with Crippen LogP contribution in [0.25, 0.3) is 10.9 Å². The first-order valence-electron chi connectivity index (χ1n) is 7.85. The zero-order valence-electron chi connectivity index (χ0n) is 12.9. The molecular weight excluding hydrogens is 281 g/mol. The van der Waals surface area contributed by atoms with Gasteiger partial charge in [-0.1, -0.05) is 12.1 Å². The van der Waals surface area contributed by atoms with Gasteiger partial charge in [0.25, 0.3) is 0 Å². The molecule has 1 atom stereocenters. The highest BCUT2D eigenvalue weighted by Crippen LogP contribution is 2.25. The Morgan fingerprint density at radius 3 is 3.05 bits per heavy atom. The van der Waals surface area contributed by atoms with Crippen LogP contribution in [0.2, 0.25) is 0 Å². The molecule has 4 nitrogen and oxygen atoms in total. The average molecular weight is 303 g/mol. The summed E-state index contributed by atoms with van der Waals surface area (Å²) in [6.45, 7) is 3.37. The van der Waals surface area contributed by atoms with E-state index in [1.54, 1.807) is 6.07 Å². The Balaban J connectivity index is 1.82. The lowest BCUT2D eigenvalue weighted by Crippen LogP contribution is -2.34. The monoisotopic (exact) mass is 303 g/mol. The molecule has 22 heavy (non-hydrogen) atoms. The Labute approximate surface area is 129 Å². The second kappa shape index (κ2) is 6.08. The summed E-state index contributed by atoms with van der Waals surface area (Å²) in [7, 11) is 0. The van der Waals surface area contributed by atoms with Crippen LogP contribution in [0.4, 0.5) is 4.39 Å². The highest BCUT2D eigenvalue weighted by atomic mass is 19.1. The number of para-hydroxylation sites is 1. The van der Waals surface area contributed by atoms with Crippen molar-refractivity contribution in [3.63, 3.8) is 0 Å². The number of hydrogen-bond acceptors (Lipinski definition) is 2. The molecule has 2 aromatic rings. The van der Waals surface area contributed by atoms with E-state index in [1.165, 1.54) is 6.07 Å². The maximum absolute atomic E-state index is 13.8. The summed E-state index contributed by atoms with van der Waals surface area (Å²) < 4.78 is 13.8. The number of halogens is 1. The van der Waals surface area contributed by atoms with Gasteiger partial charge in [0.15, 0.2) is 0 Å². The highest BCUT2D eigenvalue weighted by Gasteiger charge is 2.21. The van der Waals surface area contributed by atoms with E-state index in [0.29, 0.717) is 11.9 Å². The van der Waals surface area contributed by atoms with Crippen LogP contribution in [0.3, 0.4) is 0 Å². The topological polar surface area (TPSA) is 62.1 Å². The fourth-order valence-electron chi connectivity index (χ4n) is 3.23. The Kier molecular flexibility index (Phi) is 4.16. The van der Waals surface area contributed by atoms with Gasteiger partial charge >= 0.3 is 0 Å². The number of hydrogen-bond donors (Lipinski definition) is 2. The molecule has 0 radical (unpaired) electrons. The molecule has 1 aliphatic rings. The summed E-state index contributed by atoms with van der Waals surface area (Å²) >= 11 is 0. The zero-order chi connectivity index (χ0) is 15.7. The summed E-state index contributed by atoms with van der Waals surface area (Å²) in [4.78, 5) is 17.5. The summed E-state index contributed by atoms with van der Waals surface area (Å²) in [6, 6.07) is 5.18. The number of likely N-dealkylation sites (tertiary alicyclic amines) is 1. The molecule has 1 fully saturated rings. The Bertz CT molecular complexity index is 695.